The molecule has 0 atom stereocenters. The molecular weight excluding hydrogens is 460 g/mol. The van der Waals surface area contributed by atoms with Crippen LogP contribution in [-0.4, -0.2) is 27.5 Å². The van der Waals surface area contributed by atoms with Gasteiger partial charge in [-0.1, -0.05) is 29.8 Å². The minimum atomic E-state index is -3.99. The third-order valence-corrected chi connectivity index (χ3v) is 7.09. The second kappa shape index (κ2) is 10.3. The Bertz CT molecular complexity index is 1290. The summed E-state index contributed by atoms with van der Waals surface area (Å²) in [4.78, 5) is 12.4. The molecule has 0 heterocycles. The van der Waals surface area contributed by atoms with Crippen molar-refractivity contribution in [3.05, 3.63) is 87.4 Å². The Hall–Kier alpha value is -3.03. The normalized spacial score (nSPS) is 11.2. The van der Waals surface area contributed by atoms with Crippen LogP contribution in [0, 0.1) is 27.7 Å². The van der Waals surface area contributed by atoms with Crippen LogP contribution in [0.5, 0.6) is 5.75 Å². The topological polar surface area (TPSA) is 84.5 Å². The fourth-order valence-corrected chi connectivity index (χ4v) is 4.73. The van der Waals surface area contributed by atoms with Crippen molar-refractivity contribution in [3.8, 4) is 5.75 Å². The average molecular weight is 487 g/mol. The number of nitrogens with one attached hydrogen (secondary N) is 2. The molecule has 0 saturated heterocycles. The molecule has 3 rings (SSSR count). The first-order valence-electron chi connectivity index (χ1n) is 10.4. The number of rotatable bonds is 8. The van der Waals surface area contributed by atoms with Gasteiger partial charge in [0.1, 0.15) is 17.3 Å². The van der Waals surface area contributed by atoms with E-state index in [-0.39, 0.29) is 28.6 Å². The van der Waals surface area contributed by atoms with Crippen molar-refractivity contribution < 1.29 is 17.9 Å². The number of sulfonamides is 1. The van der Waals surface area contributed by atoms with Crippen LogP contribution >= 0.6 is 11.6 Å². The van der Waals surface area contributed by atoms with Crippen LogP contribution < -0.4 is 14.8 Å². The van der Waals surface area contributed by atoms with Gasteiger partial charge in [-0.2, -0.15) is 0 Å². The lowest BCUT2D eigenvalue weighted by molar-refractivity contribution is 0.0946. The Balaban J connectivity index is 1.67. The predicted octanol–water partition coefficient (Wildman–Crippen LogP) is 5.18. The molecule has 0 aliphatic heterocycles. The van der Waals surface area contributed by atoms with Gasteiger partial charge in [-0.3, -0.25) is 9.52 Å². The SMILES string of the molecule is Cc1ccc(C)c(OCCNC(=O)c2ccc(Cl)c(S(=O)(=O)Nc3ccc(C)c(C)c3)c2)c1. The molecule has 0 bridgehead atoms. The summed E-state index contributed by atoms with van der Waals surface area (Å²) in [6, 6.07) is 15.3. The van der Waals surface area contributed by atoms with E-state index >= 15 is 0 Å². The molecular formula is C25H27ClN2O4S. The first-order chi connectivity index (χ1) is 15.6. The molecule has 3 aromatic rings. The molecule has 174 valence electrons. The summed E-state index contributed by atoms with van der Waals surface area (Å²) >= 11 is 6.16. The summed E-state index contributed by atoms with van der Waals surface area (Å²) in [6.45, 7) is 8.32. The van der Waals surface area contributed by atoms with Gasteiger partial charge in [0.25, 0.3) is 15.9 Å². The Kier molecular flexibility index (Phi) is 7.66. The smallest absolute Gasteiger partial charge is 0.263 e. The lowest BCUT2D eigenvalue weighted by atomic mass is 10.1. The van der Waals surface area contributed by atoms with Gasteiger partial charge in [0.15, 0.2) is 0 Å². The molecule has 0 radical (unpaired) electrons. The highest BCUT2D eigenvalue weighted by atomic mass is 35.5. The molecule has 0 unspecified atom stereocenters. The van der Waals surface area contributed by atoms with E-state index in [1.807, 2.05) is 52.0 Å². The molecule has 0 saturated carbocycles. The number of anilines is 1. The van der Waals surface area contributed by atoms with E-state index in [1.54, 1.807) is 12.1 Å². The number of aryl methyl sites for hydroxylation is 4. The fraction of sp³-hybridized carbons (Fsp3) is 0.240. The van der Waals surface area contributed by atoms with Crippen LogP contribution in [0.25, 0.3) is 0 Å². The Morgan fingerprint density at radius 2 is 1.64 bits per heavy atom. The van der Waals surface area contributed by atoms with E-state index in [0.29, 0.717) is 5.69 Å². The highest BCUT2D eigenvalue weighted by Crippen LogP contribution is 2.26. The number of hydrogen-bond acceptors (Lipinski definition) is 4. The zero-order valence-corrected chi connectivity index (χ0v) is 20.6. The molecule has 2 N–H and O–H groups in total. The summed E-state index contributed by atoms with van der Waals surface area (Å²) in [7, 11) is -3.99. The van der Waals surface area contributed by atoms with E-state index in [2.05, 4.69) is 10.0 Å². The minimum absolute atomic E-state index is 0.0288. The van der Waals surface area contributed by atoms with Crippen LogP contribution in [0.3, 0.4) is 0 Å². The van der Waals surface area contributed by atoms with Crippen molar-refractivity contribution >= 4 is 33.2 Å². The third kappa shape index (κ3) is 6.27. The standard InChI is InChI=1S/C25H27ClN2O4S/c1-16-5-6-18(3)23(13-16)32-12-11-27-25(29)20-8-10-22(26)24(15-20)33(30,31)28-21-9-7-17(2)19(4)14-21/h5-10,13-15,28H,11-12H2,1-4H3,(H,27,29). The number of benzene rings is 3. The van der Waals surface area contributed by atoms with E-state index in [4.69, 9.17) is 16.3 Å². The summed E-state index contributed by atoms with van der Waals surface area (Å²) in [5.74, 6) is 0.348. The zero-order chi connectivity index (χ0) is 24.2. The molecule has 8 heteroatoms. The maximum Gasteiger partial charge on any atom is 0.263 e. The molecule has 33 heavy (non-hydrogen) atoms. The minimum Gasteiger partial charge on any atom is -0.491 e. The Morgan fingerprint density at radius 1 is 0.909 bits per heavy atom. The molecule has 0 aliphatic rings. The predicted molar refractivity (Wildman–Crippen MR) is 132 cm³/mol. The number of amides is 1. The zero-order valence-electron chi connectivity index (χ0n) is 19.0. The van der Waals surface area contributed by atoms with Gasteiger partial charge in [-0.25, -0.2) is 8.42 Å². The monoisotopic (exact) mass is 486 g/mol. The number of carbonyl (C=O) groups is 1. The largest absolute Gasteiger partial charge is 0.491 e. The van der Waals surface area contributed by atoms with Gasteiger partial charge < -0.3 is 10.1 Å². The van der Waals surface area contributed by atoms with Crippen LogP contribution in [0.1, 0.15) is 32.6 Å². The van der Waals surface area contributed by atoms with E-state index in [9.17, 15) is 13.2 Å². The third-order valence-electron chi connectivity index (χ3n) is 5.23. The van der Waals surface area contributed by atoms with E-state index in [0.717, 1.165) is 28.0 Å². The number of carbonyl (C=O) groups excluding carboxylic acids is 1. The van der Waals surface area contributed by atoms with Crippen molar-refractivity contribution in [1.29, 1.82) is 0 Å². The summed E-state index contributed by atoms with van der Waals surface area (Å²) < 4.78 is 34.1. The van der Waals surface area contributed by atoms with Crippen LogP contribution in [0.2, 0.25) is 5.02 Å². The Labute approximate surface area is 200 Å². The highest BCUT2D eigenvalue weighted by molar-refractivity contribution is 7.92. The molecule has 3 aromatic carbocycles. The van der Waals surface area contributed by atoms with Crippen molar-refractivity contribution in [3.63, 3.8) is 0 Å². The number of ether oxygens (including phenoxy) is 1. The quantitative estimate of drug-likeness (QED) is 0.429. The second-order valence-corrected chi connectivity index (χ2v) is 9.98. The molecule has 0 fully saturated rings. The number of halogens is 1. The first-order valence-corrected chi connectivity index (χ1v) is 12.3. The van der Waals surface area contributed by atoms with E-state index < -0.39 is 15.9 Å². The van der Waals surface area contributed by atoms with Gasteiger partial charge in [0.2, 0.25) is 0 Å². The Morgan fingerprint density at radius 3 is 2.36 bits per heavy atom. The maximum absolute atomic E-state index is 12.9. The van der Waals surface area contributed by atoms with E-state index in [1.165, 1.54) is 18.2 Å². The van der Waals surface area contributed by atoms with Crippen molar-refractivity contribution in [2.75, 3.05) is 17.9 Å². The average Bonchev–Trinajstić information content (AvgIpc) is 2.76. The van der Waals surface area contributed by atoms with Gasteiger partial charge in [0, 0.05) is 11.3 Å². The highest BCUT2D eigenvalue weighted by Gasteiger charge is 2.20. The molecule has 0 aliphatic carbocycles. The summed E-state index contributed by atoms with van der Waals surface area (Å²) in [5, 5.41) is 2.77. The fourth-order valence-electron chi connectivity index (χ4n) is 3.16. The van der Waals surface area contributed by atoms with Crippen LogP contribution in [0.15, 0.2) is 59.5 Å². The van der Waals surface area contributed by atoms with Crippen molar-refractivity contribution in [2.45, 2.75) is 32.6 Å². The second-order valence-electron chi connectivity index (χ2n) is 7.92. The van der Waals surface area contributed by atoms with Gasteiger partial charge in [-0.05, 0) is 86.3 Å². The molecule has 6 nitrogen and oxygen atoms in total. The number of hydrogen-bond donors (Lipinski definition) is 2. The van der Waals surface area contributed by atoms with Crippen LogP contribution in [-0.2, 0) is 10.0 Å². The molecule has 0 spiro atoms. The van der Waals surface area contributed by atoms with Gasteiger partial charge >= 0.3 is 0 Å². The summed E-state index contributed by atoms with van der Waals surface area (Å²) in [6.07, 6.45) is 0. The molecule has 0 aromatic heterocycles. The van der Waals surface area contributed by atoms with Crippen molar-refractivity contribution in [1.82, 2.24) is 5.32 Å². The lowest BCUT2D eigenvalue weighted by Gasteiger charge is -2.13. The first kappa shape index (κ1) is 24.6. The van der Waals surface area contributed by atoms with Gasteiger partial charge in [0.05, 0.1) is 11.6 Å². The van der Waals surface area contributed by atoms with Crippen LogP contribution in [0.4, 0.5) is 5.69 Å². The van der Waals surface area contributed by atoms with Crippen molar-refractivity contribution in [2.24, 2.45) is 0 Å². The maximum atomic E-state index is 12.9. The molecule has 1 amide bonds. The lowest BCUT2D eigenvalue weighted by Crippen LogP contribution is -2.28. The summed E-state index contributed by atoms with van der Waals surface area (Å²) in [5.41, 5.74) is 4.72. The van der Waals surface area contributed by atoms with Gasteiger partial charge in [-0.15, -0.1) is 0 Å².